The predicted octanol–water partition coefficient (Wildman–Crippen LogP) is 3.02. The lowest BCUT2D eigenvalue weighted by Gasteiger charge is -2.15. The molecule has 3 nitrogen and oxygen atoms in total. The van der Waals surface area contributed by atoms with Gasteiger partial charge in [-0.05, 0) is 36.1 Å². The number of carboxylic acids is 1. The molecule has 0 radical (unpaired) electrons. The van der Waals surface area contributed by atoms with Crippen LogP contribution in [0.5, 0.6) is 0 Å². The van der Waals surface area contributed by atoms with E-state index in [4.69, 9.17) is 5.11 Å². The molecule has 1 unspecified atom stereocenters. The average Bonchev–Trinajstić information content (AvgIpc) is 2.85. The Morgan fingerprint density at radius 3 is 2.74 bits per heavy atom. The van der Waals surface area contributed by atoms with E-state index in [0.29, 0.717) is 0 Å². The number of rotatable bonds is 5. The number of likely N-dealkylation sites (tertiary alicyclic amines) is 1. The zero-order valence-electron chi connectivity index (χ0n) is 11.4. The molecule has 0 saturated carbocycles. The maximum absolute atomic E-state index is 10.4. The monoisotopic (exact) mass is 259 g/mol. The van der Waals surface area contributed by atoms with E-state index in [-0.39, 0.29) is 0 Å². The van der Waals surface area contributed by atoms with Crippen LogP contribution in [0.15, 0.2) is 30.3 Å². The number of hydrogen-bond acceptors (Lipinski definition) is 2. The third kappa shape index (κ3) is 4.21. The minimum Gasteiger partial charge on any atom is -0.478 e. The minimum atomic E-state index is -0.910. The first kappa shape index (κ1) is 13.8. The molecule has 2 rings (SSSR count). The van der Waals surface area contributed by atoms with Gasteiger partial charge in [-0.25, -0.2) is 4.79 Å². The lowest BCUT2D eigenvalue weighted by molar-refractivity contribution is -0.131. The van der Waals surface area contributed by atoms with Gasteiger partial charge in [-0.1, -0.05) is 37.6 Å². The fraction of sp³-hybridized carbons (Fsp3) is 0.438. The van der Waals surface area contributed by atoms with Gasteiger partial charge in [-0.3, -0.25) is 4.90 Å². The highest BCUT2D eigenvalue weighted by Crippen LogP contribution is 2.21. The maximum atomic E-state index is 10.4. The van der Waals surface area contributed by atoms with Crippen molar-refractivity contribution in [2.24, 2.45) is 5.92 Å². The van der Waals surface area contributed by atoms with E-state index in [0.717, 1.165) is 18.0 Å². The van der Waals surface area contributed by atoms with Gasteiger partial charge in [0.15, 0.2) is 0 Å². The molecule has 1 fully saturated rings. The Bertz CT molecular complexity index is 450. The number of carboxylic acid groups (broad SMARTS) is 1. The fourth-order valence-electron chi connectivity index (χ4n) is 2.55. The summed E-state index contributed by atoms with van der Waals surface area (Å²) in [5, 5.41) is 8.57. The third-order valence-corrected chi connectivity index (χ3v) is 3.75. The Morgan fingerprint density at radius 2 is 2.16 bits per heavy atom. The third-order valence-electron chi connectivity index (χ3n) is 3.75. The van der Waals surface area contributed by atoms with Gasteiger partial charge in [0.1, 0.15) is 0 Å². The quantitative estimate of drug-likeness (QED) is 0.826. The van der Waals surface area contributed by atoms with Crippen LogP contribution in [-0.4, -0.2) is 29.1 Å². The molecule has 0 aromatic heterocycles. The van der Waals surface area contributed by atoms with Crippen LogP contribution in [0.3, 0.4) is 0 Å². The van der Waals surface area contributed by atoms with Crippen LogP contribution in [0, 0.1) is 5.92 Å². The normalized spacial score (nSPS) is 20.2. The van der Waals surface area contributed by atoms with Crippen LogP contribution in [0.4, 0.5) is 0 Å². The van der Waals surface area contributed by atoms with E-state index >= 15 is 0 Å². The molecule has 0 aliphatic carbocycles. The molecule has 3 heteroatoms. The summed E-state index contributed by atoms with van der Waals surface area (Å²) >= 11 is 0. The molecular weight excluding hydrogens is 238 g/mol. The summed E-state index contributed by atoms with van der Waals surface area (Å²) in [5.74, 6) is -0.0514. The highest BCUT2D eigenvalue weighted by Gasteiger charge is 2.20. The first-order chi connectivity index (χ1) is 9.17. The van der Waals surface area contributed by atoms with Gasteiger partial charge in [-0.2, -0.15) is 0 Å². The summed E-state index contributed by atoms with van der Waals surface area (Å²) in [6, 6.07) is 8.12. The van der Waals surface area contributed by atoms with Crippen molar-refractivity contribution >= 4 is 12.0 Å². The van der Waals surface area contributed by atoms with E-state index < -0.39 is 5.97 Å². The first-order valence-corrected chi connectivity index (χ1v) is 6.89. The fourth-order valence-corrected chi connectivity index (χ4v) is 2.55. The van der Waals surface area contributed by atoms with E-state index in [1.807, 2.05) is 12.1 Å². The number of nitrogens with zero attached hydrogens (tertiary/aromatic N) is 1. The Balaban J connectivity index is 1.90. The largest absolute Gasteiger partial charge is 0.478 e. The Morgan fingerprint density at radius 1 is 1.42 bits per heavy atom. The van der Waals surface area contributed by atoms with Crippen molar-refractivity contribution in [2.75, 3.05) is 13.1 Å². The van der Waals surface area contributed by atoms with Crippen LogP contribution in [0.2, 0.25) is 0 Å². The molecular formula is C16H21NO2. The molecule has 0 bridgehead atoms. The van der Waals surface area contributed by atoms with Crippen molar-refractivity contribution in [3.05, 3.63) is 41.5 Å². The van der Waals surface area contributed by atoms with E-state index in [9.17, 15) is 4.79 Å². The van der Waals surface area contributed by atoms with Crippen LogP contribution in [0.25, 0.3) is 6.08 Å². The Hall–Kier alpha value is -1.61. The lowest BCUT2D eigenvalue weighted by atomic mass is 10.1. The van der Waals surface area contributed by atoms with Gasteiger partial charge in [0, 0.05) is 19.2 Å². The molecule has 0 amide bonds. The number of carbonyl (C=O) groups is 1. The van der Waals surface area contributed by atoms with Crippen molar-refractivity contribution in [3.8, 4) is 0 Å². The lowest BCUT2D eigenvalue weighted by Crippen LogP contribution is -2.19. The Labute approximate surface area is 114 Å². The molecule has 102 valence electrons. The molecule has 1 aromatic carbocycles. The zero-order chi connectivity index (χ0) is 13.7. The molecule has 1 aliphatic rings. The smallest absolute Gasteiger partial charge is 0.328 e. The number of benzene rings is 1. The summed E-state index contributed by atoms with van der Waals surface area (Å²) in [4.78, 5) is 12.9. The molecule has 1 N–H and O–H groups in total. The van der Waals surface area contributed by atoms with Crippen LogP contribution < -0.4 is 0 Å². The van der Waals surface area contributed by atoms with Crippen LogP contribution >= 0.6 is 0 Å². The summed E-state index contributed by atoms with van der Waals surface area (Å²) in [6.07, 6.45) is 5.38. The molecule has 0 spiro atoms. The summed E-state index contributed by atoms with van der Waals surface area (Å²) < 4.78 is 0. The molecule has 1 heterocycles. The number of hydrogen-bond donors (Lipinski definition) is 1. The van der Waals surface area contributed by atoms with Crippen molar-refractivity contribution in [2.45, 2.75) is 26.3 Å². The van der Waals surface area contributed by atoms with Gasteiger partial charge >= 0.3 is 5.97 Å². The average molecular weight is 259 g/mol. The highest BCUT2D eigenvalue weighted by atomic mass is 16.4. The van der Waals surface area contributed by atoms with Crippen molar-refractivity contribution in [1.82, 2.24) is 4.90 Å². The first-order valence-electron chi connectivity index (χ1n) is 6.89. The summed E-state index contributed by atoms with van der Waals surface area (Å²) in [7, 11) is 0. The molecule has 1 saturated heterocycles. The predicted molar refractivity (Wildman–Crippen MR) is 76.8 cm³/mol. The SMILES string of the molecule is CCC1CCN(Cc2ccc(/C=C/C(=O)O)cc2)C1. The van der Waals surface area contributed by atoms with Gasteiger partial charge < -0.3 is 5.11 Å². The Kier molecular flexibility index (Phi) is 4.74. The van der Waals surface area contributed by atoms with Gasteiger partial charge in [0.2, 0.25) is 0 Å². The molecule has 1 aliphatic heterocycles. The second-order valence-electron chi connectivity index (χ2n) is 5.21. The summed E-state index contributed by atoms with van der Waals surface area (Å²) in [5.41, 5.74) is 2.23. The van der Waals surface area contributed by atoms with Gasteiger partial charge in [-0.15, -0.1) is 0 Å². The standard InChI is InChI=1S/C16H21NO2/c1-2-13-9-10-17(11-13)12-15-5-3-14(4-6-15)7-8-16(18)19/h3-8,13H,2,9-12H2,1H3,(H,18,19)/b8-7+. The topological polar surface area (TPSA) is 40.5 Å². The van der Waals surface area contributed by atoms with Crippen molar-refractivity contribution in [1.29, 1.82) is 0 Å². The minimum absolute atomic E-state index is 0.859. The number of aliphatic carboxylic acids is 1. The van der Waals surface area contributed by atoms with Crippen molar-refractivity contribution < 1.29 is 9.90 Å². The van der Waals surface area contributed by atoms with E-state index in [2.05, 4.69) is 24.0 Å². The molecule has 1 aromatic rings. The van der Waals surface area contributed by atoms with E-state index in [1.54, 1.807) is 6.08 Å². The van der Waals surface area contributed by atoms with E-state index in [1.165, 1.54) is 37.6 Å². The van der Waals surface area contributed by atoms with Crippen molar-refractivity contribution in [3.63, 3.8) is 0 Å². The molecule has 19 heavy (non-hydrogen) atoms. The van der Waals surface area contributed by atoms with Gasteiger partial charge in [0.05, 0.1) is 0 Å². The van der Waals surface area contributed by atoms with Crippen LogP contribution in [-0.2, 0) is 11.3 Å². The van der Waals surface area contributed by atoms with Gasteiger partial charge in [0.25, 0.3) is 0 Å². The summed E-state index contributed by atoms with van der Waals surface area (Å²) in [6.45, 7) is 5.66. The highest BCUT2D eigenvalue weighted by molar-refractivity contribution is 5.85. The second kappa shape index (κ2) is 6.53. The zero-order valence-corrected chi connectivity index (χ0v) is 11.4. The van der Waals surface area contributed by atoms with Crippen LogP contribution in [0.1, 0.15) is 30.9 Å². The molecule has 1 atom stereocenters. The maximum Gasteiger partial charge on any atom is 0.328 e. The second-order valence-corrected chi connectivity index (χ2v) is 5.21.